The number of rotatable bonds is 5. The number of carbonyl (C=O) groups is 2. The average Bonchev–Trinajstić information content (AvgIpc) is 3.39. The topological polar surface area (TPSA) is 104 Å². The fourth-order valence-corrected chi connectivity index (χ4v) is 4.60. The van der Waals surface area contributed by atoms with Crippen LogP contribution >= 0.6 is 0 Å². The number of carboxylic acid groups (broad SMARTS) is 1. The van der Waals surface area contributed by atoms with Crippen LogP contribution in [0.3, 0.4) is 0 Å². The van der Waals surface area contributed by atoms with Crippen LogP contribution in [0.25, 0.3) is 0 Å². The Morgan fingerprint density at radius 1 is 1.08 bits per heavy atom. The molecule has 0 atom stereocenters. The van der Waals surface area contributed by atoms with Gasteiger partial charge in [0.05, 0.1) is 4.90 Å². The summed E-state index contributed by atoms with van der Waals surface area (Å²) in [7, 11) is -3.65. The van der Waals surface area contributed by atoms with E-state index in [1.54, 1.807) is 0 Å². The van der Waals surface area contributed by atoms with E-state index in [1.165, 1.54) is 28.6 Å². The zero-order valence-electron chi connectivity index (χ0n) is 13.9. The molecule has 0 bridgehead atoms. The summed E-state index contributed by atoms with van der Waals surface area (Å²) in [6, 6.07) is 5.81. The lowest BCUT2D eigenvalue weighted by Crippen LogP contribution is -2.43. The van der Waals surface area contributed by atoms with E-state index < -0.39 is 27.4 Å². The van der Waals surface area contributed by atoms with Gasteiger partial charge in [-0.2, -0.15) is 4.31 Å². The minimum atomic E-state index is -3.65. The van der Waals surface area contributed by atoms with Crippen LogP contribution in [0.15, 0.2) is 29.2 Å². The highest BCUT2D eigenvalue weighted by atomic mass is 32.2. The lowest BCUT2D eigenvalue weighted by Gasteiger charge is -2.20. The van der Waals surface area contributed by atoms with E-state index in [0.717, 1.165) is 25.7 Å². The molecule has 1 aromatic rings. The molecule has 2 aliphatic rings. The maximum atomic E-state index is 12.8. The molecular weight excluding hydrogens is 344 g/mol. The van der Waals surface area contributed by atoms with Crippen molar-refractivity contribution in [3.8, 4) is 0 Å². The summed E-state index contributed by atoms with van der Waals surface area (Å²) in [4.78, 5) is 23.6. The van der Waals surface area contributed by atoms with Crippen molar-refractivity contribution in [1.82, 2.24) is 9.62 Å². The van der Waals surface area contributed by atoms with Crippen LogP contribution < -0.4 is 5.32 Å². The van der Waals surface area contributed by atoms with Crippen LogP contribution in [0.1, 0.15) is 48.9 Å². The second kappa shape index (κ2) is 6.76. The molecule has 0 aromatic heterocycles. The fourth-order valence-electron chi connectivity index (χ4n) is 3.04. The number of benzene rings is 1. The third-order valence-corrected chi connectivity index (χ3v) is 6.71. The molecule has 1 amide bonds. The van der Waals surface area contributed by atoms with E-state index in [2.05, 4.69) is 5.32 Å². The highest BCUT2D eigenvalue weighted by molar-refractivity contribution is 7.89. The van der Waals surface area contributed by atoms with Crippen molar-refractivity contribution in [2.75, 3.05) is 13.1 Å². The first kappa shape index (κ1) is 17.9. The Morgan fingerprint density at radius 2 is 1.72 bits per heavy atom. The second-order valence-corrected chi connectivity index (χ2v) is 8.63. The number of nitrogens with one attached hydrogen (secondary N) is 1. The molecule has 3 rings (SSSR count). The zero-order chi connectivity index (χ0) is 18.1. The zero-order valence-corrected chi connectivity index (χ0v) is 14.7. The van der Waals surface area contributed by atoms with Crippen LogP contribution in [0.2, 0.25) is 0 Å². The molecule has 136 valence electrons. The van der Waals surface area contributed by atoms with E-state index in [1.807, 2.05) is 0 Å². The van der Waals surface area contributed by atoms with Gasteiger partial charge in [-0.3, -0.25) is 4.79 Å². The van der Waals surface area contributed by atoms with Gasteiger partial charge in [-0.25, -0.2) is 13.2 Å². The molecule has 25 heavy (non-hydrogen) atoms. The summed E-state index contributed by atoms with van der Waals surface area (Å²) < 4.78 is 27.1. The van der Waals surface area contributed by atoms with Gasteiger partial charge < -0.3 is 10.4 Å². The largest absolute Gasteiger partial charge is 0.480 e. The molecule has 1 saturated carbocycles. The highest BCUT2D eigenvalue weighted by Gasteiger charge is 2.51. The number of hydrogen-bond donors (Lipinski definition) is 2. The van der Waals surface area contributed by atoms with Gasteiger partial charge in [-0.1, -0.05) is 18.9 Å². The van der Waals surface area contributed by atoms with E-state index in [0.29, 0.717) is 25.9 Å². The minimum Gasteiger partial charge on any atom is -0.480 e. The van der Waals surface area contributed by atoms with Gasteiger partial charge in [0, 0.05) is 18.7 Å². The third-order valence-electron chi connectivity index (χ3n) is 4.81. The first-order valence-electron chi connectivity index (χ1n) is 8.51. The number of sulfonamides is 1. The molecule has 7 nitrogen and oxygen atoms in total. The SMILES string of the molecule is O=C(NC1(C(=O)O)CC1)c1cccc(S(=O)(=O)N2CCCCCC2)c1. The molecule has 1 heterocycles. The molecule has 1 aromatic carbocycles. The Balaban J connectivity index is 1.81. The average molecular weight is 366 g/mol. The molecule has 0 spiro atoms. The highest BCUT2D eigenvalue weighted by Crippen LogP contribution is 2.35. The first-order valence-corrected chi connectivity index (χ1v) is 9.95. The molecule has 2 N–H and O–H groups in total. The Labute approximate surface area is 147 Å². The molecule has 0 unspecified atom stereocenters. The van der Waals surface area contributed by atoms with Crippen LogP contribution in [0.4, 0.5) is 0 Å². The third kappa shape index (κ3) is 3.69. The molecule has 2 fully saturated rings. The summed E-state index contributed by atoms with van der Waals surface area (Å²) in [5.74, 6) is -1.62. The molecule has 1 saturated heterocycles. The normalized spacial score (nSPS) is 20.5. The van der Waals surface area contributed by atoms with Gasteiger partial charge >= 0.3 is 5.97 Å². The standard InChI is InChI=1S/C17H22N2O5S/c20-15(18-17(8-9-17)16(21)22)13-6-5-7-14(12-13)25(23,24)19-10-3-1-2-4-11-19/h5-7,12H,1-4,8-11H2,(H,18,20)(H,21,22). The number of carboxylic acids is 1. The van der Waals surface area contributed by atoms with Gasteiger partial charge in [-0.15, -0.1) is 0 Å². The minimum absolute atomic E-state index is 0.0715. The van der Waals surface area contributed by atoms with Gasteiger partial charge in [0.1, 0.15) is 5.54 Å². The van der Waals surface area contributed by atoms with Gasteiger partial charge in [-0.05, 0) is 43.9 Å². The monoisotopic (exact) mass is 366 g/mol. The van der Waals surface area contributed by atoms with Crippen molar-refractivity contribution >= 4 is 21.9 Å². The molecule has 1 aliphatic carbocycles. The molecule has 0 radical (unpaired) electrons. The van der Waals surface area contributed by atoms with Gasteiger partial charge in [0.25, 0.3) is 5.91 Å². The predicted molar refractivity (Wildman–Crippen MR) is 90.7 cm³/mol. The summed E-state index contributed by atoms with van der Waals surface area (Å²) >= 11 is 0. The van der Waals surface area contributed by atoms with Crippen LogP contribution in [0.5, 0.6) is 0 Å². The van der Waals surface area contributed by atoms with Crippen molar-refractivity contribution in [1.29, 1.82) is 0 Å². The Hall–Kier alpha value is -1.93. The Bertz CT molecular complexity index is 778. The quantitative estimate of drug-likeness (QED) is 0.824. The van der Waals surface area contributed by atoms with Gasteiger partial charge in [0.2, 0.25) is 10.0 Å². The number of nitrogens with zero attached hydrogens (tertiary/aromatic N) is 1. The van der Waals surface area contributed by atoms with Crippen molar-refractivity contribution in [3.05, 3.63) is 29.8 Å². The Kier molecular flexibility index (Phi) is 4.83. The lowest BCUT2D eigenvalue weighted by molar-refractivity contribution is -0.140. The number of hydrogen-bond acceptors (Lipinski definition) is 4. The Morgan fingerprint density at radius 3 is 2.28 bits per heavy atom. The lowest BCUT2D eigenvalue weighted by atomic mass is 10.2. The number of aliphatic carboxylic acids is 1. The van der Waals surface area contributed by atoms with Crippen LogP contribution in [-0.4, -0.2) is 48.3 Å². The summed E-state index contributed by atoms with van der Waals surface area (Å²) in [5.41, 5.74) is -1.04. The smallest absolute Gasteiger partial charge is 0.329 e. The van der Waals surface area contributed by atoms with E-state index >= 15 is 0 Å². The van der Waals surface area contributed by atoms with E-state index in [-0.39, 0.29) is 10.5 Å². The maximum Gasteiger partial charge on any atom is 0.329 e. The predicted octanol–water partition coefficient (Wildman–Crippen LogP) is 1.60. The van der Waals surface area contributed by atoms with Crippen molar-refractivity contribution in [2.24, 2.45) is 0 Å². The summed E-state index contributed by atoms with van der Waals surface area (Å²) in [6.45, 7) is 0.974. The first-order chi connectivity index (χ1) is 11.8. The fraction of sp³-hybridized carbons (Fsp3) is 0.529. The maximum absolute atomic E-state index is 12.8. The van der Waals surface area contributed by atoms with Gasteiger partial charge in [0.15, 0.2) is 0 Å². The van der Waals surface area contributed by atoms with E-state index in [4.69, 9.17) is 5.11 Å². The molecular formula is C17H22N2O5S. The number of carbonyl (C=O) groups excluding carboxylic acids is 1. The van der Waals surface area contributed by atoms with E-state index in [9.17, 15) is 18.0 Å². The van der Waals surface area contributed by atoms with Crippen molar-refractivity contribution in [3.63, 3.8) is 0 Å². The second-order valence-electron chi connectivity index (χ2n) is 6.69. The molecule has 8 heteroatoms. The summed E-state index contributed by atoms with van der Waals surface area (Å²) in [5, 5.41) is 11.7. The van der Waals surface area contributed by atoms with Crippen molar-refractivity contribution in [2.45, 2.75) is 49.0 Å². The summed E-state index contributed by atoms with van der Waals surface area (Å²) in [6.07, 6.45) is 4.48. The van der Waals surface area contributed by atoms with Crippen LogP contribution in [-0.2, 0) is 14.8 Å². The molecule has 1 aliphatic heterocycles. The van der Waals surface area contributed by atoms with Crippen molar-refractivity contribution < 1.29 is 23.1 Å². The van der Waals surface area contributed by atoms with Crippen LogP contribution in [0, 0.1) is 0 Å². The number of amides is 1.